The molecule has 6 nitrogen and oxygen atoms in total. The number of carbonyl (C=O) groups excluding carboxylic acids is 1. The van der Waals surface area contributed by atoms with E-state index in [1.807, 2.05) is 0 Å². The SMILES string of the molecule is CC(O)CC(=O)O.C[C@@H](O)CC(=O)[O-].[K+]. The molecule has 0 aliphatic heterocycles. The number of carbonyl (C=O) groups is 2. The van der Waals surface area contributed by atoms with Crippen LogP contribution in [-0.4, -0.2) is 39.5 Å². The van der Waals surface area contributed by atoms with Gasteiger partial charge in [0.2, 0.25) is 0 Å². The first-order valence-corrected chi connectivity index (χ1v) is 4.03. The monoisotopic (exact) mass is 246 g/mol. The molecule has 0 aromatic rings. The van der Waals surface area contributed by atoms with Crippen LogP contribution in [0.1, 0.15) is 26.7 Å². The van der Waals surface area contributed by atoms with E-state index >= 15 is 0 Å². The van der Waals surface area contributed by atoms with Crippen LogP contribution in [0.2, 0.25) is 0 Å². The molecule has 0 aliphatic carbocycles. The second-order valence-corrected chi connectivity index (χ2v) is 2.87. The Balaban J connectivity index is -0.000000180. The van der Waals surface area contributed by atoms with Crippen molar-refractivity contribution in [1.29, 1.82) is 0 Å². The van der Waals surface area contributed by atoms with Gasteiger partial charge in [-0.1, -0.05) is 0 Å². The number of hydrogen-bond acceptors (Lipinski definition) is 5. The number of carboxylic acid groups (broad SMARTS) is 2. The van der Waals surface area contributed by atoms with Crippen LogP contribution in [0.3, 0.4) is 0 Å². The van der Waals surface area contributed by atoms with Gasteiger partial charge in [0.25, 0.3) is 0 Å². The summed E-state index contributed by atoms with van der Waals surface area (Å²) in [7, 11) is 0. The molecule has 0 amide bonds. The summed E-state index contributed by atoms with van der Waals surface area (Å²) in [5.74, 6) is -2.18. The summed E-state index contributed by atoms with van der Waals surface area (Å²) in [6, 6.07) is 0. The quantitative estimate of drug-likeness (QED) is 0.429. The largest absolute Gasteiger partial charge is 1.00 e. The minimum absolute atomic E-state index is 0. The van der Waals surface area contributed by atoms with Crippen molar-refractivity contribution in [3.8, 4) is 0 Å². The van der Waals surface area contributed by atoms with Gasteiger partial charge in [0, 0.05) is 12.4 Å². The minimum atomic E-state index is -1.21. The fraction of sp³-hybridized carbons (Fsp3) is 0.750. The van der Waals surface area contributed by atoms with Gasteiger partial charge in [0.1, 0.15) is 0 Å². The number of aliphatic hydroxyl groups is 2. The van der Waals surface area contributed by atoms with Crippen molar-refractivity contribution in [1.82, 2.24) is 0 Å². The third-order valence-corrected chi connectivity index (χ3v) is 0.932. The maximum absolute atomic E-state index is 9.65. The molecule has 0 spiro atoms. The van der Waals surface area contributed by atoms with E-state index in [4.69, 9.17) is 15.3 Å². The summed E-state index contributed by atoms with van der Waals surface area (Å²) in [5, 5.41) is 34.1. The first-order valence-electron chi connectivity index (χ1n) is 4.03. The molecule has 0 bridgehead atoms. The average Bonchev–Trinajstić information content (AvgIpc) is 1.79. The molecular formula is C8H15KO6. The Morgan fingerprint density at radius 3 is 1.47 bits per heavy atom. The summed E-state index contributed by atoms with van der Waals surface area (Å²) in [6.45, 7) is 2.84. The standard InChI is InChI=1S/2C4H8O3.K/c2*1-3(5)2-4(6)7;/h2*3,5H,2H2,1H3,(H,6,7);/q;;+1/p-1/t3-;;/m1../s1. The van der Waals surface area contributed by atoms with Crippen molar-refractivity contribution in [3.63, 3.8) is 0 Å². The van der Waals surface area contributed by atoms with Gasteiger partial charge in [-0.25, -0.2) is 0 Å². The third kappa shape index (κ3) is 31.4. The summed E-state index contributed by atoms with van der Waals surface area (Å²) in [6.07, 6.45) is -1.96. The molecule has 0 aliphatic rings. The van der Waals surface area contributed by atoms with Crippen LogP contribution in [0, 0.1) is 0 Å². The van der Waals surface area contributed by atoms with E-state index < -0.39 is 24.1 Å². The van der Waals surface area contributed by atoms with Gasteiger partial charge in [0.05, 0.1) is 18.6 Å². The van der Waals surface area contributed by atoms with E-state index in [-0.39, 0.29) is 64.2 Å². The molecule has 0 fully saturated rings. The Morgan fingerprint density at radius 2 is 1.47 bits per heavy atom. The predicted octanol–water partition coefficient (Wildman–Crippen LogP) is -4.65. The summed E-state index contributed by atoms with van der Waals surface area (Å²) in [4.78, 5) is 19.2. The predicted molar refractivity (Wildman–Crippen MR) is 45.2 cm³/mol. The zero-order chi connectivity index (χ0) is 11.7. The van der Waals surface area contributed by atoms with Crippen molar-refractivity contribution in [2.24, 2.45) is 0 Å². The number of aliphatic carboxylic acids is 2. The average molecular weight is 246 g/mol. The Morgan fingerprint density at radius 1 is 1.13 bits per heavy atom. The molecule has 7 heteroatoms. The molecule has 0 saturated heterocycles. The summed E-state index contributed by atoms with van der Waals surface area (Å²) < 4.78 is 0. The molecule has 1 unspecified atom stereocenters. The molecule has 0 saturated carbocycles. The smallest absolute Gasteiger partial charge is 0.550 e. The van der Waals surface area contributed by atoms with E-state index in [1.165, 1.54) is 13.8 Å². The van der Waals surface area contributed by atoms with Crippen LogP contribution >= 0.6 is 0 Å². The van der Waals surface area contributed by atoms with Crippen molar-refractivity contribution in [2.45, 2.75) is 38.9 Å². The summed E-state index contributed by atoms with van der Waals surface area (Å²) in [5.41, 5.74) is 0. The molecule has 2 atom stereocenters. The van der Waals surface area contributed by atoms with E-state index in [2.05, 4.69) is 0 Å². The number of hydrogen-bond donors (Lipinski definition) is 3. The Kier molecular flexibility index (Phi) is 17.5. The fourth-order valence-electron chi connectivity index (χ4n) is 0.494. The van der Waals surface area contributed by atoms with Gasteiger partial charge in [-0.2, -0.15) is 0 Å². The Bertz CT molecular complexity index is 160. The van der Waals surface area contributed by atoms with Crippen molar-refractivity contribution in [3.05, 3.63) is 0 Å². The molecule has 3 N–H and O–H groups in total. The van der Waals surface area contributed by atoms with Crippen LogP contribution in [0.15, 0.2) is 0 Å². The molecule has 0 aromatic heterocycles. The maximum Gasteiger partial charge on any atom is 1.00 e. The van der Waals surface area contributed by atoms with Crippen molar-refractivity contribution < 1.29 is 81.4 Å². The van der Waals surface area contributed by atoms with E-state index in [9.17, 15) is 14.7 Å². The fourth-order valence-corrected chi connectivity index (χ4v) is 0.494. The van der Waals surface area contributed by atoms with Crippen molar-refractivity contribution >= 4 is 11.9 Å². The van der Waals surface area contributed by atoms with Gasteiger partial charge >= 0.3 is 57.4 Å². The first-order chi connectivity index (χ1) is 6.25. The first kappa shape index (κ1) is 20.9. The number of carboxylic acids is 2. The van der Waals surface area contributed by atoms with E-state index in [0.29, 0.717) is 0 Å². The summed E-state index contributed by atoms with van der Waals surface area (Å²) >= 11 is 0. The van der Waals surface area contributed by atoms with Gasteiger partial charge < -0.3 is 25.2 Å². The second kappa shape index (κ2) is 12.6. The number of aliphatic hydroxyl groups excluding tert-OH is 2. The normalized spacial score (nSPS) is 12.5. The van der Waals surface area contributed by atoms with Crippen LogP contribution in [0.4, 0.5) is 0 Å². The molecule has 0 rings (SSSR count). The minimum Gasteiger partial charge on any atom is -0.550 e. The molecule has 15 heavy (non-hydrogen) atoms. The third-order valence-electron chi connectivity index (χ3n) is 0.932. The topological polar surface area (TPSA) is 118 Å². The maximum atomic E-state index is 9.65. The zero-order valence-electron chi connectivity index (χ0n) is 9.14. The van der Waals surface area contributed by atoms with Gasteiger partial charge in [-0.15, -0.1) is 0 Å². The molecule has 0 heterocycles. The second-order valence-electron chi connectivity index (χ2n) is 2.87. The van der Waals surface area contributed by atoms with E-state index in [1.54, 1.807) is 0 Å². The van der Waals surface area contributed by atoms with Crippen LogP contribution in [-0.2, 0) is 9.59 Å². The molecular weight excluding hydrogens is 231 g/mol. The Hall–Kier alpha value is 0.496. The van der Waals surface area contributed by atoms with Crippen LogP contribution in [0.5, 0.6) is 0 Å². The van der Waals surface area contributed by atoms with E-state index in [0.717, 1.165) is 0 Å². The number of rotatable bonds is 4. The van der Waals surface area contributed by atoms with Crippen LogP contribution < -0.4 is 56.5 Å². The molecule has 0 radical (unpaired) electrons. The van der Waals surface area contributed by atoms with Gasteiger partial charge in [-0.05, 0) is 13.8 Å². The van der Waals surface area contributed by atoms with Crippen molar-refractivity contribution in [2.75, 3.05) is 0 Å². The molecule has 84 valence electrons. The Labute approximate surface area is 131 Å². The van der Waals surface area contributed by atoms with Gasteiger partial charge in [0.15, 0.2) is 0 Å². The van der Waals surface area contributed by atoms with Crippen LogP contribution in [0.25, 0.3) is 0 Å². The van der Waals surface area contributed by atoms with Gasteiger partial charge in [-0.3, -0.25) is 4.79 Å². The zero-order valence-corrected chi connectivity index (χ0v) is 12.3. The molecule has 0 aromatic carbocycles.